The Bertz CT molecular complexity index is 462. The van der Waals surface area contributed by atoms with Gasteiger partial charge in [-0.05, 0) is 40.0 Å². The average Bonchev–Trinajstić information content (AvgIpc) is 2.50. The summed E-state index contributed by atoms with van der Waals surface area (Å²) in [5.74, 6) is 1.86. The predicted molar refractivity (Wildman–Crippen MR) is 86.7 cm³/mol. The van der Waals surface area contributed by atoms with E-state index in [1.165, 1.54) is 19.3 Å². The molecule has 1 aromatic heterocycles. The maximum atomic E-state index is 6.16. The Morgan fingerprint density at radius 1 is 1.10 bits per heavy atom. The number of aromatic nitrogens is 2. The van der Waals surface area contributed by atoms with Gasteiger partial charge in [0.1, 0.15) is 11.4 Å². The van der Waals surface area contributed by atoms with Crippen molar-refractivity contribution in [2.24, 2.45) is 0 Å². The largest absolute Gasteiger partial charge is 0.370 e. The lowest BCUT2D eigenvalue weighted by Gasteiger charge is -2.36. The molecule has 1 heterocycles. The smallest absolute Gasteiger partial charge is 0.162 e. The Morgan fingerprint density at radius 3 is 2.43 bits per heavy atom. The number of anilines is 1. The summed E-state index contributed by atoms with van der Waals surface area (Å²) in [4.78, 5) is 9.62. The van der Waals surface area contributed by atoms with E-state index in [-0.39, 0.29) is 5.60 Å². The lowest BCUT2D eigenvalue weighted by Crippen LogP contribution is -2.35. The van der Waals surface area contributed by atoms with E-state index in [1.54, 1.807) is 0 Å². The second-order valence-corrected chi connectivity index (χ2v) is 6.02. The molecule has 21 heavy (non-hydrogen) atoms. The standard InChI is InChI=1S/C17H29N3O/c1-5-12-18-15-13(3)14(4)19-16(20-15)17(21-6-2)10-8-7-9-11-17/h5-12H2,1-4H3,(H,18,19,20). The fourth-order valence-corrected chi connectivity index (χ4v) is 3.08. The molecule has 2 rings (SSSR count). The minimum atomic E-state index is -0.270. The molecule has 1 N–H and O–H groups in total. The van der Waals surface area contributed by atoms with Crippen LogP contribution >= 0.6 is 0 Å². The highest BCUT2D eigenvalue weighted by molar-refractivity contribution is 5.46. The van der Waals surface area contributed by atoms with Crippen molar-refractivity contribution in [2.45, 2.75) is 71.8 Å². The molecule has 0 atom stereocenters. The number of hydrogen-bond acceptors (Lipinski definition) is 4. The summed E-state index contributed by atoms with van der Waals surface area (Å²) in [5.41, 5.74) is 1.94. The average molecular weight is 291 g/mol. The Morgan fingerprint density at radius 2 is 1.81 bits per heavy atom. The van der Waals surface area contributed by atoms with E-state index >= 15 is 0 Å². The topological polar surface area (TPSA) is 47.0 Å². The van der Waals surface area contributed by atoms with Crippen LogP contribution in [0.1, 0.15) is 69.5 Å². The molecule has 0 spiro atoms. The fourth-order valence-electron chi connectivity index (χ4n) is 3.08. The highest BCUT2D eigenvalue weighted by Crippen LogP contribution is 2.39. The van der Waals surface area contributed by atoms with Crippen LogP contribution in [0.4, 0.5) is 5.82 Å². The lowest BCUT2D eigenvalue weighted by molar-refractivity contribution is -0.0767. The molecule has 1 fully saturated rings. The van der Waals surface area contributed by atoms with E-state index < -0.39 is 0 Å². The number of ether oxygens (including phenoxy) is 1. The van der Waals surface area contributed by atoms with Gasteiger partial charge in [-0.25, -0.2) is 9.97 Å². The molecule has 1 aliphatic rings. The first-order valence-electron chi connectivity index (χ1n) is 8.36. The van der Waals surface area contributed by atoms with Gasteiger partial charge in [0, 0.05) is 24.4 Å². The van der Waals surface area contributed by atoms with Crippen LogP contribution in [-0.4, -0.2) is 23.1 Å². The number of hydrogen-bond donors (Lipinski definition) is 1. The third-order valence-electron chi connectivity index (χ3n) is 4.42. The van der Waals surface area contributed by atoms with Crippen LogP contribution in [-0.2, 0) is 10.3 Å². The summed E-state index contributed by atoms with van der Waals surface area (Å²) in [6, 6.07) is 0. The van der Waals surface area contributed by atoms with E-state index in [4.69, 9.17) is 14.7 Å². The van der Waals surface area contributed by atoms with Gasteiger partial charge in [0.25, 0.3) is 0 Å². The Hall–Kier alpha value is -1.16. The van der Waals surface area contributed by atoms with Crippen LogP contribution in [0.15, 0.2) is 0 Å². The molecule has 1 aliphatic carbocycles. The fraction of sp³-hybridized carbons (Fsp3) is 0.765. The van der Waals surface area contributed by atoms with Gasteiger partial charge in [-0.1, -0.05) is 26.2 Å². The molecule has 4 heteroatoms. The van der Waals surface area contributed by atoms with Crippen LogP contribution < -0.4 is 5.32 Å². The Labute approximate surface area is 128 Å². The molecule has 0 unspecified atom stereocenters. The molecular formula is C17H29N3O. The van der Waals surface area contributed by atoms with Gasteiger partial charge in [0.2, 0.25) is 0 Å². The molecule has 4 nitrogen and oxygen atoms in total. The summed E-state index contributed by atoms with van der Waals surface area (Å²) < 4.78 is 6.16. The molecule has 0 aliphatic heterocycles. The first kappa shape index (κ1) is 16.2. The van der Waals surface area contributed by atoms with Crippen molar-refractivity contribution in [1.82, 2.24) is 9.97 Å². The molecule has 0 aromatic carbocycles. The third-order valence-corrected chi connectivity index (χ3v) is 4.42. The molecule has 118 valence electrons. The normalized spacial score (nSPS) is 17.7. The maximum absolute atomic E-state index is 6.16. The molecular weight excluding hydrogens is 262 g/mol. The zero-order chi connectivity index (χ0) is 15.3. The zero-order valence-corrected chi connectivity index (χ0v) is 14.0. The summed E-state index contributed by atoms with van der Waals surface area (Å²) in [7, 11) is 0. The maximum Gasteiger partial charge on any atom is 0.162 e. The van der Waals surface area contributed by atoms with E-state index in [0.29, 0.717) is 6.61 Å². The summed E-state index contributed by atoms with van der Waals surface area (Å²) >= 11 is 0. The van der Waals surface area contributed by atoms with Crippen LogP contribution in [0, 0.1) is 13.8 Å². The first-order chi connectivity index (χ1) is 10.1. The molecule has 0 amide bonds. The predicted octanol–water partition coefficient (Wildman–Crippen LogP) is 4.11. The summed E-state index contributed by atoms with van der Waals surface area (Å²) in [6.45, 7) is 10.0. The number of aryl methyl sites for hydroxylation is 1. The second kappa shape index (κ2) is 7.21. The molecule has 0 radical (unpaired) electrons. The van der Waals surface area contributed by atoms with Crippen molar-refractivity contribution in [3.05, 3.63) is 17.1 Å². The number of nitrogens with zero attached hydrogens (tertiary/aromatic N) is 2. The molecule has 0 saturated heterocycles. The van der Waals surface area contributed by atoms with E-state index in [0.717, 1.165) is 48.7 Å². The second-order valence-electron chi connectivity index (χ2n) is 6.02. The number of rotatable bonds is 6. The minimum Gasteiger partial charge on any atom is -0.370 e. The van der Waals surface area contributed by atoms with Gasteiger partial charge < -0.3 is 10.1 Å². The number of nitrogens with one attached hydrogen (secondary N) is 1. The van der Waals surface area contributed by atoms with Gasteiger partial charge in [-0.15, -0.1) is 0 Å². The monoisotopic (exact) mass is 291 g/mol. The van der Waals surface area contributed by atoms with Gasteiger partial charge in [-0.2, -0.15) is 0 Å². The van der Waals surface area contributed by atoms with E-state index in [2.05, 4.69) is 33.0 Å². The Balaban J connectivity index is 2.37. The molecule has 0 bridgehead atoms. The zero-order valence-electron chi connectivity index (χ0n) is 14.0. The molecule has 1 aromatic rings. The SMILES string of the molecule is CCCNc1nc(C2(OCC)CCCCC2)nc(C)c1C. The highest BCUT2D eigenvalue weighted by Gasteiger charge is 2.38. The first-order valence-corrected chi connectivity index (χ1v) is 8.36. The highest BCUT2D eigenvalue weighted by atomic mass is 16.5. The quantitative estimate of drug-likeness (QED) is 0.856. The van der Waals surface area contributed by atoms with Crippen LogP contribution in [0.2, 0.25) is 0 Å². The lowest BCUT2D eigenvalue weighted by atomic mass is 9.83. The van der Waals surface area contributed by atoms with Crippen LogP contribution in [0.5, 0.6) is 0 Å². The van der Waals surface area contributed by atoms with Crippen LogP contribution in [0.3, 0.4) is 0 Å². The van der Waals surface area contributed by atoms with Gasteiger partial charge in [0.05, 0.1) is 0 Å². The van der Waals surface area contributed by atoms with E-state index in [1.807, 2.05) is 0 Å². The summed E-state index contributed by atoms with van der Waals surface area (Å²) in [6.07, 6.45) is 6.87. The van der Waals surface area contributed by atoms with Gasteiger partial charge in [-0.3, -0.25) is 0 Å². The van der Waals surface area contributed by atoms with E-state index in [9.17, 15) is 0 Å². The van der Waals surface area contributed by atoms with Crippen molar-refractivity contribution in [2.75, 3.05) is 18.5 Å². The third kappa shape index (κ3) is 3.54. The summed E-state index contributed by atoms with van der Waals surface area (Å²) in [5, 5.41) is 3.44. The van der Waals surface area contributed by atoms with Crippen molar-refractivity contribution >= 4 is 5.82 Å². The van der Waals surface area contributed by atoms with Gasteiger partial charge in [0.15, 0.2) is 5.82 Å². The van der Waals surface area contributed by atoms with Crippen molar-refractivity contribution in [3.8, 4) is 0 Å². The van der Waals surface area contributed by atoms with Crippen LogP contribution in [0.25, 0.3) is 0 Å². The van der Waals surface area contributed by atoms with Crippen molar-refractivity contribution < 1.29 is 4.74 Å². The van der Waals surface area contributed by atoms with Gasteiger partial charge >= 0.3 is 0 Å². The molecule has 1 saturated carbocycles. The minimum absolute atomic E-state index is 0.270. The Kier molecular flexibility index (Phi) is 5.57. The van der Waals surface area contributed by atoms with Crippen molar-refractivity contribution in [1.29, 1.82) is 0 Å². The van der Waals surface area contributed by atoms with Crippen molar-refractivity contribution in [3.63, 3.8) is 0 Å².